The normalized spacial score (nSPS) is 15.2. The Hall–Kier alpha value is -5.60. The Morgan fingerprint density at radius 2 is 0.879 bits per heavy atom. The van der Waals surface area contributed by atoms with Crippen LogP contribution in [0.15, 0.2) is 146 Å². The lowest BCUT2D eigenvalue weighted by Gasteiger charge is -2.39. The van der Waals surface area contributed by atoms with E-state index < -0.39 is 0 Å². The molecule has 66 heavy (non-hydrogen) atoms. The molecule has 7 aromatic carbocycles. The van der Waals surface area contributed by atoms with E-state index in [2.05, 4.69) is 254 Å². The standard InChI is InChI=1S/C64H72BN/c1-60(2,3)45-23-21-42(22-24-45)53-38-47(62(7,8)9)27-32-51(53)54-36-44-35-43(41-19-17-16-18-20-41)37-58-59(44)65(55-39-48(63(10,11)12)28-33-52(54)55)56-40-49(64(13,14)15)29-34-57(56)66(58)50-30-25-46(26-31-50)61(4,5)6/h16-35,37-40,54H,36H2,1-15H3. The zero-order valence-electron chi connectivity index (χ0n) is 42.7. The molecule has 0 radical (unpaired) electrons. The molecule has 0 N–H and O–H groups in total. The fourth-order valence-electron chi connectivity index (χ4n) is 10.6. The molecule has 0 spiro atoms. The molecule has 1 atom stereocenters. The van der Waals surface area contributed by atoms with Gasteiger partial charge in [0.05, 0.1) is 0 Å². The molecule has 7 aromatic rings. The Labute approximate surface area is 398 Å². The molecule has 1 nitrogen and oxygen atoms in total. The van der Waals surface area contributed by atoms with E-state index >= 15 is 0 Å². The van der Waals surface area contributed by atoms with Crippen LogP contribution in [-0.4, -0.2) is 6.71 Å². The van der Waals surface area contributed by atoms with Crippen molar-refractivity contribution in [3.8, 4) is 22.3 Å². The maximum atomic E-state index is 2.61. The number of hydrogen-bond donors (Lipinski definition) is 0. The van der Waals surface area contributed by atoms with E-state index in [4.69, 9.17) is 0 Å². The highest BCUT2D eigenvalue weighted by Gasteiger charge is 2.43. The van der Waals surface area contributed by atoms with Crippen molar-refractivity contribution in [3.05, 3.63) is 190 Å². The second-order valence-electron chi connectivity index (χ2n) is 24.8. The maximum absolute atomic E-state index is 2.61. The molecule has 0 amide bonds. The molecule has 2 heteroatoms. The Morgan fingerprint density at radius 3 is 1.44 bits per heavy atom. The topological polar surface area (TPSA) is 3.24 Å². The van der Waals surface area contributed by atoms with Crippen LogP contribution in [0.2, 0.25) is 0 Å². The van der Waals surface area contributed by atoms with Gasteiger partial charge in [0, 0.05) is 23.0 Å². The minimum Gasteiger partial charge on any atom is -0.311 e. The SMILES string of the molecule is CC(C)(C)c1ccc(-c2cc(C(C)(C)C)ccc2C2Cc3cc(-c4ccccc4)cc4c3B(c3cc(C(C)(C)C)ccc32)c2cc(C(C)(C)C)ccc2N4c2ccc(C(C)(C)C)cc2)cc1. The molecule has 2 heterocycles. The second kappa shape index (κ2) is 16.0. The summed E-state index contributed by atoms with van der Waals surface area (Å²) in [6.45, 7) is 35.1. The van der Waals surface area contributed by atoms with Gasteiger partial charge in [-0.25, -0.2) is 0 Å². The molecule has 0 saturated carbocycles. The van der Waals surface area contributed by atoms with Gasteiger partial charge in [0.25, 0.3) is 0 Å². The Bertz CT molecular complexity index is 2930. The minimum absolute atomic E-state index is 0.000545. The molecule has 0 bridgehead atoms. The van der Waals surface area contributed by atoms with Crippen LogP contribution >= 0.6 is 0 Å². The van der Waals surface area contributed by atoms with Crippen molar-refractivity contribution < 1.29 is 0 Å². The average Bonchev–Trinajstić information content (AvgIpc) is 3.40. The van der Waals surface area contributed by atoms with Gasteiger partial charge in [-0.3, -0.25) is 0 Å². The lowest BCUT2D eigenvalue weighted by molar-refractivity contribution is 0.589. The Kier molecular flexibility index (Phi) is 11.1. The highest BCUT2D eigenvalue weighted by atomic mass is 15.1. The van der Waals surface area contributed by atoms with Gasteiger partial charge >= 0.3 is 0 Å². The number of hydrogen-bond acceptors (Lipinski definition) is 1. The van der Waals surface area contributed by atoms with Crippen LogP contribution in [0.4, 0.5) is 17.1 Å². The van der Waals surface area contributed by atoms with Crippen LogP contribution in [0.5, 0.6) is 0 Å². The summed E-state index contributed by atoms with van der Waals surface area (Å²) in [4.78, 5) is 2.60. The van der Waals surface area contributed by atoms with Crippen LogP contribution in [0.25, 0.3) is 22.3 Å². The summed E-state index contributed by atoms with van der Waals surface area (Å²) in [5.74, 6) is 0.106. The third kappa shape index (κ3) is 8.40. The van der Waals surface area contributed by atoms with Gasteiger partial charge in [0.15, 0.2) is 0 Å². The van der Waals surface area contributed by atoms with Crippen LogP contribution in [0.1, 0.15) is 154 Å². The quantitative estimate of drug-likeness (QED) is 0.159. The molecule has 2 aliphatic rings. The first-order valence-electron chi connectivity index (χ1n) is 24.5. The summed E-state index contributed by atoms with van der Waals surface area (Å²) in [7, 11) is 0. The first kappa shape index (κ1) is 45.6. The smallest absolute Gasteiger partial charge is 0.247 e. The third-order valence-electron chi connectivity index (χ3n) is 14.7. The minimum atomic E-state index is -0.0282. The van der Waals surface area contributed by atoms with E-state index in [1.807, 2.05) is 0 Å². The fourth-order valence-corrected chi connectivity index (χ4v) is 10.6. The monoisotopic (exact) mass is 866 g/mol. The van der Waals surface area contributed by atoms with Crippen LogP contribution < -0.4 is 21.3 Å². The summed E-state index contributed by atoms with van der Waals surface area (Å²) in [6.07, 6.45) is 0.883. The zero-order chi connectivity index (χ0) is 47.3. The van der Waals surface area contributed by atoms with Gasteiger partial charge in [-0.2, -0.15) is 0 Å². The number of anilines is 3. The highest BCUT2D eigenvalue weighted by molar-refractivity contribution is 6.98. The predicted molar refractivity (Wildman–Crippen MR) is 289 cm³/mol. The number of rotatable bonds is 4. The lowest BCUT2D eigenvalue weighted by Crippen LogP contribution is -2.58. The van der Waals surface area contributed by atoms with Crippen molar-refractivity contribution in [3.63, 3.8) is 0 Å². The molecule has 2 aliphatic heterocycles. The maximum Gasteiger partial charge on any atom is 0.247 e. The predicted octanol–water partition coefficient (Wildman–Crippen LogP) is 15.5. The van der Waals surface area contributed by atoms with Gasteiger partial charge in [-0.05, 0) is 135 Å². The lowest BCUT2D eigenvalue weighted by atomic mass is 9.33. The molecular formula is C64H72BN. The molecule has 336 valence electrons. The molecule has 9 rings (SSSR count). The van der Waals surface area contributed by atoms with Gasteiger partial charge in [-0.1, -0.05) is 231 Å². The first-order chi connectivity index (χ1) is 30.9. The molecule has 0 saturated heterocycles. The van der Waals surface area contributed by atoms with Gasteiger partial charge in [0.2, 0.25) is 6.71 Å². The van der Waals surface area contributed by atoms with Gasteiger partial charge < -0.3 is 4.90 Å². The van der Waals surface area contributed by atoms with Gasteiger partial charge in [-0.15, -0.1) is 0 Å². The van der Waals surface area contributed by atoms with E-state index in [0.717, 1.165) is 6.42 Å². The average molecular weight is 866 g/mol. The summed E-state index contributed by atoms with van der Waals surface area (Å²) < 4.78 is 0. The molecule has 0 aliphatic carbocycles. The zero-order valence-corrected chi connectivity index (χ0v) is 42.7. The molecule has 0 fully saturated rings. The van der Waals surface area contributed by atoms with Crippen LogP contribution in [-0.2, 0) is 33.5 Å². The van der Waals surface area contributed by atoms with E-state index in [0.29, 0.717) is 0 Å². The number of benzene rings is 7. The molecule has 0 aromatic heterocycles. The van der Waals surface area contributed by atoms with Crippen LogP contribution in [0.3, 0.4) is 0 Å². The molecule has 1 unspecified atom stereocenters. The van der Waals surface area contributed by atoms with E-state index in [9.17, 15) is 0 Å². The third-order valence-corrected chi connectivity index (χ3v) is 14.7. The first-order valence-corrected chi connectivity index (χ1v) is 24.5. The van der Waals surface area contributed by atoms with Crippen molar-refractivity contribution in [2.75, 3.05) is 4.90 Å². The van der Waals surface area contributed by atoms with Crippen LogP contribution in [0, 0.1) is 0 Å². The van der Waals surface area contributed by atoms with Crippen molar-refractivity contribution >= 4 is 40.2 Å². The second-order valence-corrected chi connectivity index (χ2v) is 24.8. The summed E-state index contributed by atoms with van der Waals surface area (Å²) in [6, 6.07) is 57.5. The van der Waals surface area contributed by atoms with Crippen molar-refractivity contribution in [1.29, 1.82) is 0 Å². The Balaban J connectivity index is 1.40. The van der Waals surface area contributed by atoms with E-state index in [1.165, 1.54) is 100 Å². The Morgan fingerprint density at radius 1 is 0.394 bits per heavy atom. The van der Waals surface area contributed by atoms with Gasteiger partial charge in [0.1, 0.15) is 0 Å². The van der Waals surface area contributed by atoms with Crippen molar-refractivity contribution in [1.82, 2.24) is 0 Å². The highest BCUT2D eigenvalue weighted by Crippen LogP contribution is 2.46. The van der Waals surface area contributed by atoms with E-state index in [-0.39, 0.29) is 39.7 Å². The van der Waals surface area contributed by atoms with E-state index in [1.54, 1.807) is 0 Å². The summed E-state index contributed by atoms with van der Waals surface area (Å²) in [5, 5.41) is 0. The number of nitrogens with zero attached hydrogens (tertiary/aromatic N) is 1. The van der Waals surface area contributed by atoms with Crippen molar-refractivity contribution in [2.45, 2.75) is 143 Å². The molecular weight excluding hydrogens is 794 g/mol. The summed E-state index contributed by atoms with van der Waals surface area (Å²) in [5.41, 5.74) is 24.2. The fraction of sp³-hybridized carbons (Fsp3) is 0.344. The largest absolute Gasteiger partial charge is 0.311 e. The van der Waals surface area contributed by atoms with Crippen molar-refractivity contribution in [2.24, 2.45) is 0 Å². The number of fused-ring (bicyclic) bond motifs is 4. The summed E-state index contributed by atoms with van der Waals surface area (Å²) >= 11 is 0.